The molecule has 8 heteroatoms. The normalized spacial score (nSPS) is 12.4. The molecule has 1 amide bonds. The number of carbonyl (C=O) groups excluding carboxylic acids is 1. The Hall–Kier alpha value is -2.06. The van der Waals surface area contributed by atoms with Crippen molar-refractivity contribution < 1.29 is 9.21 Å². The van der Waals surface area contributed by atoms with Gasteiger partial charge < -0.3 is 14.7 Å². The molecule has 2 N–H and O–H groups in total. The van der Waals surface area contributed by atoms with Crippen LogP contribution in [0.2, 0.25) is 0 Å². The molecule has 0 saturated carbocycles. The van der Waals surface area contributed by atoms with Gasteiger partial charge in [-0.05, 0) is 25.5 Å². The highest BCUT2D eigenvalue weighted by Crippen LogP contribution is 2.32. The second-order valence-corrected chi connectivity index (χ2v) is 7.75. The van der Waals surface area contributed by atoms with Crippen LogP contribution >= 0.6 is 23.1 Å². The number of aromatic amines is 1. The zero-order chi connectivity index (χ0) is 17.8. The number of fused-ring (bicyclic) bond motifs is 1. The van der Waals surface area contributed by atoms with Gasteiger partial charge in [0.1, 0.15) is 16.4 Å². The van der Waals surface area contributed by atoms with Crippen molar-refractivity contribution in [1.29, 1.82) is 0 Å². The second kappa shape index (κ2) is 7.88. The average molecular weight is 377 g/mol. The van der Waals surface area contributed by atoms with Crippen molar-refractivity contribution in [3.63, 3.8) is 0 Å². The maximum absolute atomic E-state index is 12.5. The number of rotatable bonds is 7. The Balaban J connectivity index is 1.79. The van der Waals surface area contributed by atoms with Gasteiger partial charge in [0.15, 0.2) is 0 Å². The lowest BCUT2D eigenvalue weighted by molar-refractivity contribution is -0.118. The molecule has 3 rings (SSSR count). The lowest BCUT2D eigenvalue weighted by Crippen LogP contribution is -2.26. The summed E-state index contributed by atoms with van der Waals surface area (Å²) in [5.74, 6) is 1.57. The fourth-order valence-corrected chi connectivity index (χ4v) is 4.07. The fraction of sp³-hybridized carbons (Fsp3) is 0.353. The molecule has 3 aromatic rings. The number of hydrogen-bond donors (Lipinski definition) is 2. The zero-order valence-electron chi connectivity index (χ0n) is 14.0. The first kappa shape index (κ1) is 17.8. The van der Waals surface area contributed by atoms with Crippen LogP contribution in [-0.2, 0) is 4.79 Å². The molecule has 0 spiro atoms. The molecule has 0 aliphatic rings. The van der Waals surface area contributed by atoms with Crippen LogP contribution in [0.1, 0.15) is 31.3 Å². The van der Waals surface area contributed by atoms with Crippen LogP contribution in [0.5, 0.6) is 0 Å². The minimum absolute atomic E-state index is 0.00152. The number of carbonyl (C=O) groups is 1. The van der Waals surface area contributed by atoms with Crippen molar-refractivity contribution in [2.75, 3.05) is 12.3 Å². The van der Waals surface area contributed by atoms with Crippen LogP contribution in [-0.4, -0.2) is 28.2 Å². The van der Waals surface area contributed by atoms with Crippen LogP contribution < -0.4 is 10.9 Å². The summed E-state index contributed by atoms with van der Waals surface area (Å²) in [6.07, 6.45) is 2.49. The molecule has 3 aromatic heterocycles. The predicted molar refractivity (Wildman–Crippen MR) is 102 cm³/mol. The van der Waals surface area contributed by atoms with Crippen LogP contribution in [0.3, 0.4) is 0 Å². The third kappa shape index (κ3) is 3.96. The Morgan fingerprint density at radius 3 is 3.08 bits per heavy atom. The van der Waals surface area contributed by atoms with E-state index in [4.69, 9.17) is 4.42 Å². The van der Waals surface area contributed by atoms with Crippen molar-refractivity contribution in [2.45, 2.75) is 25.5 Å². The molecule has 0 aromatic carbocycles. The summed E-state index contributed by atoms with van der Waals surface area (Å²) in [6, 6.07) is 3.61. The first-order chi connectivity index (χ1) is 12.1. The monoisotopic (exact) mass is 377 g/mol. The van der Waals surface area contributed by atoms with E-state index in [1.807, 2.05) is 25.3 Å². The third-order valence-electron chi connectivity index (χ3n) is 3.67. The fourth-order valence-electron chi connectivity index (χ4n) is 2.37. The summed E-state index contributed by atoms with van der Waals surface area (Å²) in [5.41, 5.74) is 0.570. The summed E-state index contributed by atoms with van der Waals surface area (Å²) >= 11 is 2.87. The molecule has 6 nitrogen and oxygen atoms in total. The first-order valence-corrected chi connectivity index (χ1v) is 9.96. The number of nitrogens with one attached hydrogen (secondary N) is 2. The van der Waals surface area contributed by atoms with E-state index < -0.39 is 0 Å². The van der Waals surface area contributed by atoms with Gasteiger partial charge in [-0.2, -0.15) is 0 Å². The van der Waals surface area contributed by atoms with E-state index in [-0.39, 0.29) is 16.7 Å². The molecule has 0 fully saturated rings. The van der Waals surface area contributed by atoms with Gasteiger partial charge in [0.2, 0.25) is 5.91 Å². The molecule has 1 atom stereocenters. The van der Waals surface area contributed by atoms with Gasteiger partial charge in [0, 0.05) is 17.5 Å². The number of H-pyrrole nitrogens is 1. The molecule has 1 unspecified atom stereocenters. The molecular formula is C17H19N3O3S2. The van der Waals surface area contributed by atoms with Gasteiger partial charge in [0.25, 0.3) is 5.56 Å². The quantitative estimate of drug-likeness (QED) is 0.657. The Labute approximate surface area is 153 Å². The summed E-state index contributed by atoms with van der Waals surface area (Å²) in [4.78, 5) is 32.4. The highest BCUT2D eigenvalue weighted by molar-refractivity contribution is 8.00. The summed E-state index contributed by atoms with van der Waals surface area (Å²) in [5, 5.41) is 5.18. The van der Waals surface area contributed by atoms with Crippen LogP contribution in [0.25, 0.3) is 21.5 Å². The van der Waals surface area contributed by atoms with Gasteiger partial charge >= 0.3 is 0 Å². The molecule has 0 saturated heterocycles. The van der Waals surface area contributed by atoms with Crippen molar-refractivity contribution in [2.24, 2.45) is 0 Å². The van der Waals surface area contributed by atoms with Gasteiger partial charge in [-0.1, -0.05) is 6.92 Å². The molecule has 132 valence electrons. The number of nitrogens with zero attached hydrogens (tertiary/aromatic N) is 1. The van der Waals surface area contributed by atoms with E-state index >= 15 is 0 Å². The van der Waals surface area contributed by atoms with Crippen molar-refractivity contribution in [1.82, 2.24) is 15.3 Å². The Kier molecular flexibility index (Phi) is 5.60. The number of furan rings is 1. The molecule has 0 bridgehead atoms. The Morgan fingerprint density at radius 2 is 2.36 bits per heavy atom. The summed E-state index contributed by atoms with van der Waals surface area (Å²) in [7, 11) is 0. The largest absolute Gasteiger partial charge is 0.464 e. The van der Waals surface area contributed by atoms with Crippen LogP contribution in [0.4, 0.5) is 0 Å². The lowest BCUT2D eigenvalue weighted by atomic mass is 10.2. The lowest BCUT2D eigenvalue weighted by Gasteiger charge is -2.10. The van der Waals surface area contributed by atoms with Crippen LogP contribution in [0.15, 0.2) is 33.0 Å². The van der Waals surface area contributed by atoms with E-state index in [1.165, 1.54) is 23.1 Å². The van der Waals surface area contributed by atoms with Crippen molar-refractivity contribution in [3.05, 3.63) is 40.0 Å². The Bertz CT molecular complexity index is 915. The molecule has 0 aliphatic carbocycles. The maximum atomic E-state index is 12.5. The number of thiophene rings is 1. The van der Waals surface area contributed by atoms with Crippen molar-refractivity contribution in [3.8, 4) is 11.3 Å². The standard InChI is InChI=1S/C17H19N3O3S2/c1-3-6-18-13(21)9-24-10(2)15-19-16(22)14-11(8-25-17(14)20-15)12-5-4-7-23-12/h4-5,7-8,10H,3,6,9H2,1-2H3,(H,18,21)(H,19,20,22). The molecule has 0 radical (unpaired) electrons. The number of amides is 1. The molecule has 25 heavy (non-hydrogen) atoms. The minimum Gasteiger partial charge on any atom is -0.464 e. The molecule has 3 heterocycles. The number of thioether (sulfide) groups is 1. The van der Waals surface area contributed by atoms with Gasteiger partial charge in [-0.15, -0.1) is 23.1 Å². The zero-order valence-corrected chi connectivity index (χ0v) is 15.6. The van der Waals surface area contributed by atoms with Crippen LogP contribution in [0, 0.1) is 0 Å². The third-order valence-corrected chi connectivity index (χ3v) is 5.69. The predicted octanol–water partition coefficient (Wildman–Crippen LogP) is 3.57. The second-order valence-electron chi connectivity index (χ2n) is 5.56. The SMILES string of the molecule is CCCNC(=O)CSC(C)c1nc2scc(-c3ccco3)c2c(=O)[nH]1. The summed E-state index contributed by atoms with van der Waals surface area (Å²) < 4.78 is 5.39. The van der Waals surface area contributed by atoms with Gasteiger partial charge in [-0.25, -0.2) is 4.98 Å². The summed E-state index contributed by atoms with van der Waals surface area (Å²) in [6.45, 7) is 4.63. The van der Waals surface area contributed by atoms with E-state index in [0.29, 0.717) is 34.1 Å². The van der Waals surface area contributed by atoms with E-state index in [9.17, 15) is 9.59 Å². The number of hydrogen-bond acceptors (Lipinski definition) is 6. The molecule has 0 aliphatic heterocycles. The van der Waals surface area contributed by atoms with E-state index in [0.717, 1.165) is 12.0 Å². The minimum atomic E-state index is -0.185. The highest BCUT2D eigenvalue weighted by atomic mass is 32.2. The van der Waals surface area contributed by atoms with E-state index in [2.05, 4.69) is 15.3 Å². The first-order valence-electron chi connectivity index (χ1n) is 8.03. The van der Waals surface area contributed by atoms with Gasteiger partial charge in [-0.3, -0.25) is 9.59 Å². The topological polar surface area (TPSA) is 88.0 Å². The van der Waals surface area contributed by atoms with E-state index in [1.54, 1.807) is 12.3 Å². The average Bonchev–Trinajstić information content (AvgIpc) is 3.26. The smallest absolute Gasteiger partial charge is 0.260 e. The van der Waals surface area contributed by atoms with Gasteiger partial charge in [0.05, 0.1) is 22.7 Å². The number of aromatic nitrogens is 2. The van der Waals surface area contributed by atoms with Crippen molar-refractivity contribution >= 4 is 39.2 Å². The molecular weight excluding hydrogens is 358 g/mol. The Morgan fingerprint density at radius 1 is 1.52 bits per heavy atom. The highest BCUT2D eigenvalue weighted by Gasteiger charge is 2.17. The maximum Gasteiger partial charge on any atom is 0.260 e.